The van der Waals surface area contributed by atoms with Gasteiger partial charge in [0.1, 0.15) is 16.4 Å². The molecule has 0 aliphatic heterocycles. The van der Waals surface area contributed by atoms with Gasteiger partial charge in [0.2, 0.25) is 0 Å². The molecule has 1 atom stereocenters. The fourth-order valence-electron chi connectivity index (χ4n) is 3.84. The lowest BCUT2D eigenvalue weighted by Crippen LogP contribution is -2.34. The molecule has 0 saturated carbocycles. The number of aromatic nitrogens is 2. The molecule has 0 bridgehead atoms. The van der Waals surface area contributed by atoms with E-state index < -0.39 is 5.91 Å². The van der Waals surface area contributed by atoms with Crippen molar-refractivity contribution in [1.29, 1.82) is 0 Å². The highest BCUT2D eigenvalue weighted by atomic mass is 32.1. The number of halogens is 1. The summed E-state index contributed by atoms with van der Waals surface area (Å²) in [5.74, 6) is -1.11. The van der Waals surface area contributed by atoms with Crippen LogP contribution in [0.25, 0.3) is 0 Å². The van der Waals surface area contributed by atoms with E-state index >= 15 is 0 Å². The molecule has 0 unspecified atom stereocenters. The lowest BCUT2D eigenvalue weighted by atomic mass is 10.0. The molecule has 0 spiro atoms. The number of aryl methyl sites for hydroxylation is 1. The van der Waals surface area contributed by atoms with Gasteiger partial charge in [-0.1, -0.05) is 18.2 Å². The van der Waals surface area contributed by atoms with E-state index in [1.165, 1.54) is 23.6 Å². The van der Waals surface area contributed by atoms with E-state index in [9.17, 15) is 14.0 Å². The van der Waals surface area contributed by atoms with Gasteiger partial charge in [-0.25, -0.2) is 9.37 Å². The van der Waals surface area contributed by atoms with E-state index in [-0.39, 0.29) is 30.0 Å². The number of carbonyl (C=O) groups excluding carboxylic acids is 2. The fraction of sp³-hybridized carbons (Fsp3) is 0.238. The quantitative estimate of drug-likeness (QED) is 0.698. The largest absolute Gasteiger partial charge is 0.364 e. The van der Waals surface area contributed by atoms with Crippen LogP contribution in [0.4, 0.5) is 4.39 Å². The Morgan fingerprint density at radius 1 is 1.28 bits per heavy atom. The van der Waals surface area contributed by atoms with Gasteiger partial charge in [-0.3, -0.25) is 14.6 Å². The molecule has 1 aliphatic carbocycles. The first kappa shape index (κ1) is 19.2. The Morgan fingerprint density at radius 2 is 2.10 bits per heavy atom. The second-order valence-corrected chi connectivity index (χ2v) is 7.79. The van der Waals surface area contributed by atoms with Crippen molar-refractivity contribution in [2.24, 2.45) is 5.73 Å². The minimum absolute atomic E-state index is 0.129. The minimum Gasteiger partial charge on any atom is -0.364 e. The molecule has 1 aromatic carbocycles. The van der Waals surface area contributed by atoms with E-state index in [1.807, 2.05) is 6.07 Å². The van der Waals surface area contributed by atoms with Crippen LogP contribution in [0.5, 0.6) is 0 Å². The number of benzene rings is 1. The van der Waals surface area contributed by atoms with Crippen molar-refractivity contribution in [2.45, 2.75) is 32.4 Å². The molecule has 0 radical (unpaired) electrons. The number of pyridine rings is 1. The Kier molecular flexibility index (Phi) is 5.10. The Labute approximate surface area is 171 Å². The van der Waals surface area contributed by atoms with Gasteiger partial charge in [0.15, 0.2) is 0 Å². The van der Waals surface area contributed by atoms with Crippen LogP contribution in [0.1, 0.15) is 55.0 Å². The topological polar surface area (TPSA) is 89.2 Å². The average Bonchev–Trinajstić information content (AvgIpc) is 3.33. The number of thiazole rings is 1. The lowest BCUT2D eigenvalue weighted by molar-refractivity contribution is 0.0660. The molecular formula is C21H19FN4O2S. The number of hydrogen-bond acceptors (Lipinski definition) is 5. The van der Waals surface area contributed by atoms with Crippen LogP contribution in [0.2, 0.25) is 0 Å². The first-order valence-corrected chi connectivity index (χ1v) is 10.1. The van der Waals surface area contributed by atoms with Crippen molar-refractivity contribution in [3.05, 3.63) is 80.8 Å². The first-order chi connectivity index (χ1) is 14.0. The second kappa shape index (κ2) is 7.71. The van der Waals surface area contributed by atoms with Crippen molar-refractivity contribution in [3.63, 3.8) is 0 Å². The van der Waals surface area contributed by atoms with Gasteiger partial charge in [0.05, 0.1) is 17.2 Å². The van der Waals surface area contributed by atoms with Crippen LogP contribution in [0.15, 0.2) is 42.0 Å². The van der Waals surface area contributed by atoms with Crippen molar-refractivity contribution in [2.75, 3.05) is 0 Å². The summed E-state index contributed by atoms with van der Waals surface area (Å²) in [7, 11) is 0. The maximum absolute atomic E-state index is 14.3. The second-order valence-electron chi connectivity index (χ2n) is 6.94. The Morgan fingerprint density at radius 3 is 2.83 bits per heavy atom. The summed E-state index contributed by atoms with van der Waals surface area (Å²) in [4.78, 5) is 35.7. The third kappa shape index (κ3) is 3.51. The number of fused-ring (bicyclic) bond motifs is 1. The van der Waals surface area contributed by atoms with Gasteiger partial charge in [0.25, 0.3) is 11.8 Å². The van der Waals surface area contributed by atoms with Crippen LogP contribution < -0.4 is 5.73 Å². The molecular weight excluding hydrogens is 391 g/mol. The molecule has 0 saturated heterocycles. The number of nitrogens with zero attached hydrogens (tertiary/aromatic N) is 3. The standard InChI is InChI=1S/C21H19FN4O2S/c1-12-19(29-11-25-12)21(28)26(10-13-4-3-9-24-18(13)20(23)27)17-8-7-14-15(17)5-2-6-16(14)22/h2-6,9,11,17H,7-8,10H2,1H3,(H2,23,27)/t17-/m1/s1. The third-order valence-corrected chi connectivity index (χ3v) is 6.14. The smallest absolute Gasteiger partial charge is 0.267 e. The highest BCUT2D eigenvalue weighted by Gasteiger charge is 2.34. The van der Waals surface area contributed by atoms with Crippen molar-refractivity contribution < 1.29 is 14.0 Å². The monoisotopic (exact) mass is 410 g/mol. The highest BCUT2D eigenvalue weighted by molar-refractivity contribution is 7.11. The molecule has 148 valence electrons. The van der Waals surface area contributed by atoms with Crippen molar-refractivity contribution in [1.82, 2.24) is 14.9 Å². The molecule has 8 heteroatoms. The first-order valence-electron chi connectivity index (χ1n) is 9.19. The number of hydrogen-bond donors (Lipinski definition) is 1. The number of carbonyl (C=O) groups is 2. The maximum atomic E-state index is 14.3. The summed E-state index contributed by atoms with van der Waals surface area (Å²) < 4.78 is 14.3. The van der Waals surface area contributed by atoms with Crippen LogP contribution >= 0.6 is 11.3 Å². The van der Waals surface area contributed by atoms with E-state index in [4.69, 9.17) is 5.73 Å². The molecule has 1 aliphatic rings. The van der Waals surface area contributed by atoms with E-state index in [0.29, 0.717) is 34.5 Å². The zero-order valence-electron chi connectivity index (χ0n) is 15.8. The Bertz CT molecular complexity index is 1100. The van der Waals surface area contributed by atoms with Gasteiger partial charge < -0.3 is 10.6 Å². The Hall–Kier alpha value is -3.13. The molecule has 2 N–H and O–H groups in total. The van der Waals surface area contributed by atoms with Crippen molar-refractivity contribution in [3.8, 4) is 0 Å². The van der Waals surface area contributed by atoms with Crippen LogP contribution in [-0.4, -0.2) is 26.7 Å². The maximum Gasteiger partial charge on any atom is 0.267 e. The summed E-state index contributed by atoms with van der Waals surface area (Å²) in [5.41, 5.74) is 9.86. The molecule has 3 aromatic rings. The summed E-state index contributed by atoms with van der Waals surface area (Å²) in [6.45, 7) is 1.92. The molecule has 29 heavy (non-hydrogen) atoms. The van der Waals surface area contributed by atoms with E-state index in [1.54, 1.807) is 35.5 Å². The molecule has 4 rings (SSSR count). The molecule has 2 aromatic heterocycles. The van der Waals surface area contributed by atoms with Gasteiger partial charge in [-0.15, -0.1) is 11.3 Å². The molecule has 0 fully saturated rings. The molecule has 2 heterocycles. The fourth-order valence-corrected chi connectivity index (χ4v) is 4.60. The van der Waals surface area contributed by atoms with Crippen LogP contribution in [-0.2, 0) is 13.0 Å². The van der Waals surface area contributed by atoms with Crippen molar-refractivity contribution >= 4 is 23.2 Å². The summed E-state index contributed by atoms with van der Waals surface area (Å²) in [5, 5.41) is 0. The predicted molar refractivity (Wildman–Crippen MR) is 107 cm³/mol. The third-order valence-electron chi connectivity index (χ3n) is 5.22. The molecule has 6 nitrogen and oxygen atoms in total. The number of rotatable bonds is 5. The normalized spacial score (nSPS) is 15.2. The van der Waals surface area contributed by atoms with Gasteiger partial charge in [-0.2, -0.15) is 0 Å². The highest BCUT2D eigenvalue weighted by Crippen LogP contribution is 2.39. The number of primary amides is 1. The Balaban J connectivity index is 1.78. The van der Waals surface area contributed by atoms with E-state index in [2.05, 4.69) is 9.97 Å². The zero-order chi connectivity index (χ0) is 20.5. The minimum atomic E-state index is -0.653. The van der Waals surface area contributed by atoms with Gasteiger partial charge >= 0.3 is 0 Å². The SMILES string of the molecule is Cc1ncsc1C(=O)N(Cc1cccnc1C(N)=O)[C@@H]1CCc2c(F)cccc21. The predicted octanol–water partition coefficient (Wildman–Crippen LogP) is 3.41. The zero-order valence-corrected chi connectivity index (χ0v) is 16.6. The van der Waals surface area contributed by atoms with Gasteiger partial charge in [0, 0.05) is 18.3 Å². The number of nitrogens with two attached hydrogens (primary N) is 1. The number of amides is 2. The molecule has 2 amide bonds. The van der Waals surface area contributed by atoms with Gasteiger partial charge in [-0.05, 0) is 43.0 Å². The summed E-state index contributed by atoms with van der Waals surface area (Å²) in [6.07, 6.45) is 2.64. The van der Waals surface area contributed by atoms with Crippen LogP contribution in [0.3, 0.4) is 0 Å². The summed E-state index contributed by atoms with van der Waals surface area (Å²) >= 11 is 1.27. The van der Waals surface area contributed by atoms with Crippen LogP contribution in [0, 0.1) is 12.7 Å². The van der Waals surface area contributed by atoms with E-state index in [0.717, 1.165) is 5.56 Å². The average molecular weight is 410 g/mol. The summed E-state index contributed by atoms with van der Waals surface area (Å²) in [6, 6.07) is 8.07. The lowest BCUT2D eigenvalue weighted by Gasteiger charge is -2.30.